The molecule has 0 bridgehead atoms. The van der Waals surface area contributed by atoms with Crippen molar-refractivity contribution in [2.45, 2.75) is 26.2 Å². The molecule has 0 fully saturated rings. The van der Waals surface area contributed by atoms with Gasteiger partial charge in [-0.2, -0.15) is 0 Å². The summed E-state index contributed by atoms with van der Waals surface area (Å²) in [6.45, 7) is 5.88. The zero-order valence-corrected chi connectivity index (χ0v) is 19.9. The molecular weight excluding hydrogens is 466 g/mol. The molecule has 10 heteroatoms. The summed E-state index contributed by atoms with van der Waals surface area (Å²) in [5, 5.41) is 12.4. The van der Waals surface area contributed by atoms with Gasteiger partial charge in [0.15, 0.2) is 0 Å². The van der Waals surface area contributed by atoms with Gasteiger partial charge in [0.05, 0.1) is 18.0 Å². The number of nitrogens with zero attached hydrogens (tertiary/aromatic N) is 4. The van der Waals surface area contributed by atoms with Crippen LogP contribution < -0.4 is 5.32 Å². The molecule has 8 nitrogen and oxygen atoms in total. The van der Waals surface area contributed by atoms with Gasteiger partial charge < -0.3 is 15.4 Å². The topological polar surface area (TPSA) is 108 Å². The van der Waals surface area contributed by atoms with E-state index < -0.39 is 17.5 Å². The van der Waals surface area contributed by atoms with Crippen molar-refractivity contribution in [3.8, 4) is 22.6 Å². The third-order valence-corrected chi connectivity index (χ3v) is 5.77. The highest BCUT2D eigenvalue weighted by Gasteiger charge is 2.25. The maximum Gasteiger partial charge on any atom is 0.271 e. The summed E-state index contributed by atoms with van der Waals surface area (Å²) in [5.41, 5.74) is 2.35. The first-order valence-electron chi connectivity index (χ1n) is 11.4. The zero-order chi connectivity index (χ0) is 25.6. The molecule has 184 valence electrons. The summed E-state index contributed by atoms with van der Waals surface area (Å²) in [7, 11) is 0. The highest BCUT2D eigenvalue weighted by molar-refractivity contribution is 5.93. The maximum atomic E-state index is 14.8. The number of aliphatic hydroxyl groups is 1. The highest BCUT2D eigenvalue weighted by atomic mass is 19.1. The molecule has 3 N–H and O–H groups in total. The lowest BCUT2D eigenvalue weighted by Gasteiger charge is -2.14. The van der Waals surface area contributed by atoms with Crippen molar-refractivity contribution in [2.24, 2.45) is 0 Å². The second-order valence-corrected chi connectivity index (χ2v) is 9.46. The summed E-state index contributed by atoms with van der Waals surface area (Å²) < 4.78 is 30.1. The standard InChI is InChI=1S/C26H24F2N6O2/c1-26(2,3)25-32-21(16-7-6-15(27)12-17(16)28)22(33-25)18-8-4-14-5-9-20-30-19(24(36)29-10-11-35)13-34(20)23(14)31-18/h4-9,12-13,35H,10-11H2,1-3H3,(H,29,36)(H,32,33). The number of carbonyl (C=O) groups excluding carboxylic acids is 1. The Morgan fingerprint density at radius 3 is 2.58 bits per heavy atom. The summed E-state index contributed by atoms with van der Waals surface area (Å²) in [4.78, 5) is 29.5. The number of carbonyl (C=O) groups is 1. The Bertz CT molecular complexity index is 1620. The van der Waals surface area contributed by atoms with Crippen LogP contribution in [0.25, 0.3) is 39.3 Å². The van der Waals surface area contributed by atoms with E-state index in [-0.39, 0.29) is 29.8 Å². The second-order valence-electron chi connectivity index (χ2n) is 9.46. The minimum Gasteiger partial charge on any atom is -0.395 e. The molecule has 4 aromatic heterocycles. The number of hydrogen-bond acceptors (Lipinski definition) is 5. The molecular formula is C26H24F2N6O2. The largest absolute Gasteiger partial charge is 0.395 e. The van der Waals surface area contributed by atoms with Crippen LogP contribution in [-0.2, 0) is 5.41 Å². The molecule has 0 saturated heterocycles. The van der Waals surface area contributed by atoms with E-state index in [1.807, 2.05) is 32.9 Å². The fraction of sp³-hybridized carbons (Fsp3) is 0.231. The normalized spacial score (nSPS) is 11.9. The van der Waals surface area contributed by atoms with Gasteiger partial charge in [-0.25, -0.2) is 23.7 Å². The number of halogens is 2. The Hall–Kier alpha value is -4.18. The SMILES string of the molecule is CC(C)(C)c1nc(-c2ccc(F)cc2F)c(-c2ccc3ccc4nc(C(=O)NCCO)cn4c3n2)[nH]1. The van der Waals surface area contributed by atoms with Crippen molar-refractivity contribution in [2.75, 3.05) is 13.2 Å². The van der Waals surface area contributed by atoms with E-state index in [1.165, 1.54) is 12.1 Å². The van der Waals surface area contributed by atoms with Crippen molar-refractivity contribution in [3.63, 3.8) is 0 Å². The van der Waals surface area contributed by atoms with E-state index in [2.05, 4.69) is 20.3 Å². The summed E-state index contributed by atoms with van der Waals surface area (Å²) in [5.74, 6) is -1.18. The molecule has 0 radical (unpaired) electrons. The number of H-pyrrole nitrogens is 1. The van der Waals surface area contributed by atoms with Crippen LogP contribution in [0.15, 0.2) is 48.7 Å². The molecule has 36 heavy (non-hydrogen) atoms. The monoisotopic (exact) mass is 490 g/mol. The predicted octanol–water partition coefficient (Wildman–Crippen LogP) is 4.24. The van der Waals surface area contributed by atoms with Gasteiger partial charge in [0, 0.05) is 35.2 Å². The third-order valence-electron chi connectivity index (χ3n) is 5.77. The van der Waals surface area contributed by atoms with Crippen LogP contribution in [-0.4, -0.2) is 48.5 Å². The number of pyridine rings is 2. The van der Waals surface area contributed by atoms with E-state index in [1.54, 1.807) is 22.7 Å². The Morgan fingerprint density at radius 2 is 1.86 bits per heavy atom. The van der Waals surface area contributed by atoms with Crippen molar-refractivity contribution in [1.29, 1.82) is 0 Å². The van der Waals surface area contributed by atoms with Crippen molar-refractivity contribution in [1.82, 2.24) is 29.7 Å². The van der Waals surface area contributed by atoms with E-state index >= 15 is 0 Å². The third kappa shape index (κ3) is 4.20. The molecule has 0 aliphatic heterocycles. The first-order valence-corrected chi connectivity index (χ1v) is 11.4. The first kappa shape index (κ1) is 23.6. The van der Waals surface area contributed by atoms with Crippen LogP contribution in [0.4, 0.5) is 8.78 Å². The molecule has 1 aromatic carbocycles. The van der Waals surface area contributed by atoms with Crippen molar-refractivity contribution in [3.05, 3.63) is 71.8 Å². The Labute approximate surface area is 205 Å². The van der Waals surface area contributed by atoms with Crippen molar-refractivity contribution >= 4 is 22.6 Å². The number of nitrogens with one attached hydrogen (secondary N) is 2. The highest BCUT2D eigenvalue weighted by Crippen LogP contribution is 2.35. The fourth-order valence-electron chi connectivity index (χ4n) is 3.93. The number of imidazole rings is 2. The van der Waals surface area contributed by atoms with Gasteiger partial charge in [-0.3, -0.25) is 9.20 Å². The quantitative estimate of drug-likeness (QED) is 0.342. The lowest BCUT2D eigenvalue weighted by Crippen LogP contribution is -2.26. The average molecular weight is 491 g/mol. The molecule has 4 heterocycles. The Kier molecular flexibility index (Phi) is 5.76. The van der Waals surface area contributed by atoms with E-state index in [9.17, 15) is 13.6 Å². The molecule has 0 saturated carbocycles. The molecule has 5 rings (SSSR count). The van der Waals surface area contributed by atoms with Crippen LogP contribution in [0.3, 0.4) is 0 Å². The summed E-state index contributed by atoms with van der Waals surface area (Å²) >= 11 is 0. The molecule has 5 aromatic rings. The Morgan fingerprint density at radius 1 is 1.08 bits per heavy atom. The number of aromatic nitrogens is 5. The average Bonchev–Trinajstić information content (AvgIpc) is 3.47. The summed E-state index contributed by atoms with van der Waals surface area (Å²) in [6, 6.07) is 10.7. The van der Waals surface area contributed by atoms with Crippen LogP contribution in [0.5, 0.6) is 0 Å². The van der Waals surface area contributed by atoms with Crippen LogP contribution >= 0.6 is 0 Å². The number of fused-ring (bicyclic) bond motifs is 3. The molecule has 1 amide bonds. The molecule has 0 unspecified atom stereocenters. The summed E-state index contributed by atoms with van der Waals surface area (Å²) in [6.07, 6.45) is 1.58. The van der Waals surface area contributed by atoms with Gasteiger partial charge in [-0.15, -0.1) is 0 Å². The number of aromatic amines is 1. The molecule has 0 spiro atoms. The number of amides is 1. The molecule has 0 aliphatic rings. The number of hydrogen-bond donors (Lipinski definition) is 3. The lowest BCUT2D eigenvalue weighted by molar-refractivity contribution is 0.0940. The van der Waals surface area contributed by atoms with E-state index in [0.717, 1.165) is 11.5 Å². The number of benzene rings is 1. The number of aliphatic hydroxyl groups excluding tert-OH is 1. The zero-order valence-electron chi connectivity index (χ0n) is 19.9. The van der Waals surface area contributed by atoms with Gasteiger partial charge in [0.1, 0.15) is 40.1 Å². The first-order chi connectivity index (χ1) is 17.2. The Balaban J connectivity index is 1.69. The lowest BCUT2D eigenvalue weighted by atomic mass is 9.96. The van der Waals surface area contributed by atoms with Gasteiger partial charge >= 0.3 is 0 Å². The van der Waals surface area contributed by atoms with Crippen LogP contribution in [0.2, 0.25) is 0 Å². The van der Waals surface area contributed by atoms with E-state index in [4.69, 9.17) is 10.1 Å². The van der Waals surface area contributed by atoms with Crippen molar-refractivity contribution < 1.29 is 18.7 Å². The molecule has 0 atom stereocenters. The number of rotatable bonds is 5. The van der Waals surface area contributed by atoms with Gasteiger partial charge in [-0.1, -0.05) is 20.8 Å². The molecule has 0 aliphatic carbocycles. The predicted molar refractivity (Wildman–Crippen MR) is 132 cm³/mol. The van der Waals surface area contributed by atoms with Gasteiger partial charge in [-0.05, 0) is 36.4 Å². The van der Waals surface area contributed by atoms with Crippen LogP contribution in [0.1, 0.15) is 37.1 Å². The maximum absolute atomic E-state index is 14.8. The second kappa shape index (κ2) is 8.80. The van der Waals surface area contributed by atoms with Crippen LogP contribution in [0, 0.1) is 11.6 Å². The van der Waals surface area contributed by atoms with Gasteiger partial charge in [0.25, 0.3) is 5.91 Å². The minimum atomic E-state index is -0.723. The minimum absolute atomic E-state index is 0.120. The smallest absolute Gasteiger partial charge is 0.271 e. The fourth-order valence-corrected chi connectivity index (χ4v) is 3.93. The van der Waals surface area contributed by atoms with Gasteiger partial charge in [0.2, 0.25) is 0 Å². The van der Waals surface area contributed by atoms with E-state index in [0.29, 0.717) is 34.2 Å².